The van der Waals surface area contributed by atoms with Crippen molar-refractivity contribution in [2.45, 2.75) is 46.0 Å². The van der Waals surface area contributed by atoms with Crippen LogP contribution < -0.4 is 0 Å². The molecule has 0 saturated carbocycles. The summed E-state index contributed by atoms with van der Waals surface area (Å²) in [5, 5.41) is 0. The Morgan fingerprint density at radius 2 is 2.11 bits per heavy atom. The van der Waals surface area contributed by atoms with Gasteiger partial charge in [-0.25, -0.2) is 4.39 Å². The van der Waals surface area contributed by atoms with E-state index in [1.807, 2.05) is 22.6 Å². The van der Waals surface area contributed by atoms with Gasteiger partial charge in [-0.05, 0) is 46.7 Å². The Morgan fingerprint density at radius 3 is 2.67 bits per heavy atom. The number of unbranched alkanes of at least 4 members (excludes halogenated alkanes) is 1. The van der Waals surface area contributed by atoms with E-state index in [0.717, 1.165) is 12.8 Å². The highest BCUT2D eigenvalue weighted by Crippen LogP contribution is 2.22. The third-order valence-electron chi connectivity index (χ3n) is 3.25. The number of carbonyl (C=O) groups excluding carboxylic acids is 1. The summed E-state index contributed by atoms with van der Waals surface area (Å²) in [7, 11) is 0. The van der Waals surface area contributed by atoms with Crippen LogP contribution in [0.15, 0.2) is 18.2 Å². The van der Waals surface area contributed by atoms with Gasteiger partial charge in [-0.2, -0.15) is 0 Å². The van der Waals surface area contributed by atoms with Crippen molar-refractivity contribution < 1.29 is 9.18 Å². The maximum Gasteiger partial charge on any atom is 0.164 e. The summed E-state index contributed by atoms with van der Waals surface area (Å²) in [4.78, 5) is 12.2. The zero-order valence-corrected chi connectivity index (χ0v) is 13.2. The molecule has 0 aliphatic heterocycles. The van der Waals surface area contributed by atoms with Gasteiger partial charge in [0, 0.05) is 15.6 Å². The molecule has 0 aromatic heterocycles. The second-order valence-corrected chi connectivity index (χ2v) is 5.83. The summed E-state index contributed by atoms with van der Waals surface area (Å²) in [6, 6.07) is 4.38. The molecule has 0 bridgehead atoms. The summed E-state index contributed by atoms with van der Waals surface area (Å²) in [6.07, 6.45) is 5.06. The van der Waals surface area contributed by atoms with E-state index in [2.05, 4.69) is 13.8 Å². The Balaban J connectivity index is 2.68. The zero-order valence-electron chi connectivity index (χ0n) is 11.0. The normalized spacial score (nSPS) is 12.4. The Hall–Kier alpha value is -0.450. The van der Waals surface area contributed by atoms with Gasteiger partial charge in [0.2, 0.25) is 0 Å². The van der Waals surface area contributed by atoms with E-state index in [1.54, 1.807) is 6.07 Å². The Bertz CT molecular complexity index is 403. The molecule has 1 aromatic carbocycles. The zero-order chi connectivity index (χ0) is 13.5. The van der Waals surface area contributed by atoms with Crippen molar-refractivity contribution in [3.63, 3.8) is 0 Å². The topological polar surface area (TPSA) is 17.1 Å². The van der Waals surface area contributed by atoms with Crippen LogP contribution in [0.4, 0.5) is 4.39 Å². The van der Waals surface area contributed by atoms with Crippen molar-refractivity contribution in [1.82, 2.24) is 0 Å². The van der Waals surface area contributed by atoms with E-state index in [0.29, 0.717) is 21.5 Å². The van der Waals surface area contributed by atoms with E-state index in [4.69, 9.17) is 0 Å². The summed E-state index contributed by atoms with van der Waals surface area (Å²) in [6.45, 7) is 4.29. The van der Waals surface area contributed by atoms with Crippen LogP contribution >= 0.6 is 22.6 Å². The fourth-order valence-electron chi connectivity index (χ4n) is 2.03. The van der Waals surface area contributed by atoms with Gasteiger partial charge in [0.25, 0.3) is 0 Å². The van der Waals surface area contributed by atoms with Crippen LogP contribution in [0.25, 0.3) is 0 Å². The molecule has 1 nitrogen and oxygen atoms in total. The molecular weight excluding hydrogens is 342 g/mol. The van der Waals surface area contributed by atoms with Crippen molar-refractivity contribution >= 4 is 28.4 Å². The molecule has 1 atom stereocenters. The van der Waals surface area contributed by atoms with Crippen molar-refractivity contribution in [2.24, 2.45) is 5.92 Å². The standard InChI is InChI=1S/C15H20FIO/c1-3-5-6-11(4-2)9-15(18)13-8-7-12(16)10-14(13)17/h7-8,10-11H,3-6,9H2,1-2H3. The molecular formula is C15H20FIO. The predicted molar refractivity (Wildman–Crippen MR) is 81.4 cm³/mol. The highest BCUT2D eigenvalue weighted by molar-refractivity contribution is 14.1. The van der Waals surface area contributed by atoms with Crippen molar-refractivity contribution in [1.29, 1.82) is 0 Å². The Kier molecular flexibility index (Phi) is 6.82. The second kappa shape index (κ2) is 7.87. The molecule has 1 aromatic rings. The molecule has 0 aliphatic carbocycles. The lowest BCUT2D eigenvalue weighted by molar-refractivity contribution is 0.0956. The number of ketones is 1. The molecule has 3 heteroatoms. The minimum absolute atomic E-state index is 0.141. The molecule has 1 rings (SSSR count). The van der Waals surface area contributed by atoms with Gasteiger partial charge in [-0.1, -0.05) is 39.5 Å². The van der Waals surface area contributed by atoms with Crippen LogP contribution in [0, 0.1) is 15.3 Å². The predicted octanol–water partition coefficient (Wildman–Crippen LogP) is 5.22. The van der Waals surface area contributed by atoms with E-state index in [1.165, 1.54) is 25.0 Å². The average Bonchev–Trinajstić information content (AvgIpc) is 2.34. The number of hydrogen-bond acceptors (Lipinski definition) is 1. The van der Waals surface area contributed by atoms with Crippen LogP contribution in [0.1, 0.15) is 56.3 Å². The largest absolute Gasteiger partial charge is 0.294 e. The number of benzene rings is 1. The van der Waals surface area contributed by atoms with Gasteiger partial charge < -0.3 is 0 Å². The van der Waals surface area contributed by atoms with Gasteiger partial charge in [0.05, 0.1) is 0 Å². The number of halogens is 2. The molecule has 0 N–H and O–H groups in total. The maximum absolute atomic E-state index is 13.0. The first-order chi connectivity index (χ1) is 8.58. The summed E-state index contributed by atoms with van der Waals surface area (Å²) < 4.78 is 13.7. The first kappa shape index (κ1) is 15.6. The number of Topliss-reactive ketones (excluding diaryl/α,β-unsaturated/α-hetero) is 1. The quantitative estimate of drug-likeness (QED) is 0.480. The fraction of sp³-hybridized carbons (Fsp3) is 0.533. The molecule has 18 heavy (non-hydrogen) atoms. The van der Waals surface area contributed by atoms with E-state index >= 15 is 0 Å². The lowest BCUT2D eigenvalue weighted by atomic mass is 9.91. The molecule has 0 radical (unpaired) electrons. The molecule has 100 valence electrons. The van der Waals surface area contributed by atoms with Gasteiger partial charge in [0.15, 0.2) is 5.78 Å². The molecule has 0 fully saturated rings. The smallest absolute Gasteiger partial charge is 0.164 e. The van der Waals surface area contributed by atoms with Gasteiger partial charge >= 0.3 is 0 Å². The molecule has 0 saturated heterocycles. The second-order valence-electron chi connectivity index (χ2n) is 4.67. The number of hydrogen-bond donors (Lipinski definition) is 0. The van der Waals surface area contributed by atoms with Crippen LogP contribution in [-0.2, 0) is 0 Å². The fourth-order valence-corrected chi connectivity index (χ4v) is 2.81. The van der Waals surface area contributed by atoms with Crippen LogP contribution in [0.3, 0.4) is 0 Å². The van der Waals surface area contributed by atoms with Crippen LogP contribution in [-0.4, -0.2) is 5.78 Å². The van der Waals surface area contributed by atoms with E-state index < -0.39 is 0 Å². The summed E-state index contributed by atoms with van der Waals surface area (Å²) in [5.74, 6) is 0.314. The minimum atomic E-state index is -0.283. The highest BCUT2D eigenvalue weighted by atomic mass is 127. The third kappa shape index (κ3) is 4.67. The minimum Gasteiger partial charge on any atom is -0.294 e. The third-order valence-corrected chi connectivity index (χ3v) is 4.14. The van der Waals surface area contributed by atoms with Crippen molar-refractivity contribution in [3.8, 4) is 0 Å². The van der Waals surface area contributed by atoms with Gasteiger partial charge in [0.1, 0.15) is 5.82 Å². The molecule has 0 aliphatic rings. The summed E-state index contributed by atoms with van der Waals surface area (Å²) in [5.41, 5.74) is 0.659. The Morgan fingerprint density at radius 1 is 1.39 bits per heavy atom. The van der Waals surface area contributed by atoms with Crippen molar-refractivity contribution in [3.05, 3.63) is 33.1 Å². The van der Waals surface area contributed by atoms with Crippen LogP contribution in [0.5, 0.6) is 0 Å². The van der Waals surface area contributed by atoms with E-state index in [9.17, 15) is 9.18 Å². The van der Waals surface area contributed by atoms with E-state index in [-0.39, 0.29) is 11.6 Å². The van der Waals surface area contributed by atoms with Gasteiger partial charge in [-0.15, -0.1) is 0 Å². The average molecular weight is 362 g/mol. The van der Waals surface area contributed by atoms with Crippen molar-refractivity contribution in [2.75, 3.05) is 0 Å². The molecule has 0 spiro atoms. The van der Waals surface area contributed by atoms with Gasteiger partial charge in [-0.3, -0.25) is 4.79 Å². The molecule has 0 heterocycles. The summed E-state index contributed by atoms with van der Waals surface area (Å²) >= 11 is 2.03. The SMILES string of the molecule is CCCCC(CC)CC(=O)c1ccc(F)cc1I. The molecule has 1 unspecified atom stereocenters. The lowest BCUT2D eigenvalue weighted by Gasteiger charge is -2.14. The monoisotopic (exact) mass is 362 g/mol. The Labute approximate surface area is 122 Å². The van der Waals surface area contributed by atoms with Crippen LogP contribution in [0.2, 0.25) is 0 Å². The first-order valence-electron chi connectivity index (χ1n) is 6.56. The first-order valence-corrected chi connectivity index (χ1v) is 7.64. The lowest BCUT2D eigenvalue weighted by Crippen LogP contribution is -2.10. The molecule has 0 amide bonds. The maximum atomic E-state index is 13.0. The number of carbonyl (C=O) groups is 1. The number of rotatable bonds is 7. The highest BCUT2D eigenvalue weighted by Gasteiger charge is 2.16.